The van der Waals surface area contributed by atoms with Crippen LogP contribution < -0.4 is 16.6 Å². The lowest BCUT2D eigenvalue weighted by Gasteiger charge is -2.12. The largest absolute Gasteiger partial charge is 0.396 e. The number of aliphatic hydroxyl groups excluding tert-OH is 1. The molecule has 5 N–H and O–H groups in total. The predicted octanol–water partition coefficient (Wildman–Crippen LogP) is -0.227. The van der Waals surface area contributed by atoms with E-state index in [0.717, 1.165) is 0 Å². The zero-order valence-electron chi connectivity index (χ0n) is 11.2. The van der Waals surface area contributed by atoms with Gasteiger partial charge in [0.15, 0.2) is 0 Å². The summed E-state index contributed by atoms with van der Waals surface area (Å²) < 4.78 is 1.52. The summed E-state index contributed by atoms with van der Waals surface area (Å²) in [4.78, 5) is 12.5. The summed E-state index contributed by atoms with van der Waals surface area (Å²) in [6.07, 6.45) is 4.08. The average Bonchev–Trinajstić information content (AvgIpc) is 2.99. The van der Waals surface area contributed by atoms with Crippen molar-refractivity contribution >= 4 is 11.9 Å². The van der Waals surface area contributed by atoms with Crippen LogP contribution in [-0.4, -0.2) is 43.0 Å². The molecule has 0 aromatic carbocycles. The summed E-state index contributed by atoms with van der Waals surface area (Å²) >= 11 is 0. The quantitative estimate of drug-likeness (QED) is 0.404. The van der Waals surface area contributed by atoms with Gasteiger partial charge in [0.05, 0.1) is 0 Å². The van der Waals surface area contributed by atoms with Crippen LogP contribution in [0.5, 0.6) is 0 Å². The lowest BCUT2D eigenvalue weighted by atomic mass is 10.1. The Morgan fingerprint density at radius 2 is 2.15 bits per heavy atom. The zero-order valence-corrected chi connectivity index (χ0v) is 11.2. The lowest BCUT2D eigenvalue weighted by Crippen LogP contribution is -2.18. The Balaban J connectivity index is 2.14. The predicted molar refractivity (Wildman–Crippen MR) is 74.1 cm³/mol. The maximum atomic E-state index is 8.88. The maximum Gasteiger partial charge on any atom is 0.257 e. The molecule has 9 nitrogen and oxygen atoms in total. The van der Waals surface area contributed by atoms with Crippen LogP contribution in [-0.2, 0) is 0 Å². The number of hydrogen-bond donors (Lipinski definition) is 4. The highest BCUT2D eigenvalue weighted by atomic mass is 16.3. The molecule has 9 heteroatoms. The molecule has 2 heterocycles. The van der Waals surface area contributed by atoms with Crippen LogP contribution in [0, 0.1) is 5.92 Å². The topological polar surface area (TPSA) is 127 Å². The molecule has 1 unspecified atom stereocenters. The van der Waals surface area contributed by atoms with Crippen LogP contribution in [0.25, 0.3) is 5.95 Å². The number of aliphatic hydroxyl groups is 1. The van der Waals surface area contributed by atoms with Crippen molar-refractivity contribution in [1.82, 2.24) is 24.7 Å². The Kier molecular flexibility index (Phi) is 4.80. The minimum absolute atomic E-state index is 0.161. The number of hydrogen-bond acceptors (Lipinski definition) is 8. The Morgan fingerprint density at radius 3 is 2.80 bits per heavy atom. The highest BCUT2D eigenvalue weighted by molar-refractivity contribution is 5.36. The second kappa shape index (κ2) is 6.78. The smallest absolute Gasteiger partial charge is 0.257 e. The van der Waals surface area contributed by atoms with Gasteiger partial charge in [-0.1, -0.05) is 6.92 Å². The molecule has 0 saturated heterocycles. The van der Waals surface area contributed by atoms with E-state index in [0.29, 0.717) is 30.8 Å². The van der Waals surface area contributed by atoms with Gasteiger partial charge in [0.1, 0.15) is 0 Å². The molecular weight excluding hydrogens is 260 g/mol. The first-order valence-corrected chi connectivity index (χ1v) is 6.30. The van der Waals surface area contributed by atoms with Gasteiger partial charge in [-0.15, -0.1) is 0 Å². The van der Waals surface area contributed by atoms with Gasteiger partial charge < -0.3 is 10.4 Å². The third kappa shape index (κ3) is 3.62. The van der Waals surface area contributed by atoms with Crippen LogP contribution in [0.1, 0.15) is 13.3 Å². The van der Waals surface area contributed by atoms with Crippen molar-refractivity contribution < 1.29 is 5.11 Å². The minimum atomic E-state index is 0.161. The molecule has 0 bridgehead atoms. The molecule has 2 rings (SSSR count). The molecule has 0 saturated carbocycles. The fourth-order valence-corrected chi connectivity index (χ4v) is 1.59. The van der Waals surface area contributed by atoms with Gasteiger partial charge in [0.25, 0.3) is 5.95 Å². The molecule has 2 aromatic heterocycles. The third-order valence-electron chi connectivity index (χ3n) is 2.69. The second-order valence-electron chi connectivity index (χ2n) is 4.38. The van der Waals surface area contributed by atoms with Crippen molar-refractivity contribution in [1.29, 1.82) is 0 Å². The number of rotatable bonds is 7. The maximum absolute atomic E-state index is 8.88. The zero-order chi connectivity index (χ0) is 14.4. The first-order chi connectivity index (χ1) is 9.72. The summed E-state index contributed by atoms with van der Waals surface area (Å²) in [5, 5.41) is 16.0. The second-order valence-corrected chi connectivity index (χ2v) is 4.38. The van der Waals surface area contributed by atoms with E-state index in [1.54, 1.807) is 18.5 Å². The van der Waals surface area contributed by atoms with E-state index in [-0.39, 0.29) is 12.6 Å². The molecule has 0 amide bonds. The van der Waals surface area contributed by atoms with Crippen LogP contribution in [0.4, 0.5) is 11.9 Å². The van der Waals surface area contributed by atoms with E-state index >= 15 is 0 Å². The van der Waals surface area contributed by atoms with Gasteiger partial charge in [-0.05, 0) is 18.4 Å². The van der Waals surface area contributed by atoms with E-state index in [4.69, 9.17) is 10.9 Å². The Labute approximate surface area is 116 Å². The molecular formula is C11H18N8O. The average molecular weight is 278 g/mol. The summed E-state index contributed by atoms with van der Waals surface area (Å²) in [5.41, 5.74) is 2.40. The highest BCUT2D eigenvalue weighted by Gasteiger charge is 2.09. The van der Waals surface area contributed by atoms with Crippen molar-refractivity contribution in [2.75, 3.05) is 23.9 Å². The van der Waals surface area contributed by atoms with E-state index < -0.39 is 0 Å². The Bertz CT molecular complexity index is 529. The molecule has 20 heavy (non-hydrogen) atoms. The minimum Gasteiger partial charge on any atom is -0.396 e. The van der Waals surface area contributed by atoms with Gasteiger partial charge in [-0.2, -0.15) is 20.1 Å². The molecule has 0 aliphatic carbocycles. The standard InChI is InChI=1S/C11H18N8O/c1-8(3-6-20)7-13-9-15-10(18-12)17-11(16-9)19-5-2-4-14-19/h2,4-5,8,20H,3,6-7,12H2,1H3,(H2,13,15,16,17,18). The van der Waals surface area contributed by atoms with Crippen LogP contribution in [0.15, 0.2) is 18.5 Å². The number of aromatic nitrogens is 5. The Morgan fingerprint density at radius 1 is 1.35 bits per heavy atom. The SMILES string of the molecule is CC(CCO)CNc1nc(NN)nc(-n2cccn2)n1. The van der Waals surface area contributed by atoms with Crippen LogP contribution in [0.3, 0.4) is 0 Å². The molecule has 0 spiro atoms. The molecule has 0 aliphatic rings. The number of hydrazine groups is 1. The van der Waals surface area contributed by atoms with Gasteiger partial charge in [0.2, 0.25) is 11.9 Å². The summed E-state index contributed by atoms with van der Waals surface area (Å²) in [7, 11) is 0. The van der Waals surface area contributed by atoms with Gasteiger partial charge >= 0.3 is 0 Å². The van der Waals surface area contributed by atoms with Gasteiger partial charge in [0, 0.05) is 25.5 Å². The fourth-order valence-electron chi connectivity index (χ4n) is 1.59. The third-order valence-corrected chi connectivity index (χ3v) is 2.69. The number of anilines is 2. The van der Waals surface area contributed by atoms with E-state index in [1.807, 2.05) is 6.92 Å². The van der Waals surface area contributed by atoms with Crippen LogP contribution >= 0.6 is 0 Å². The van der Waals surface area contributed by atoms with E-state index in [9.17, 15) is 0 Å². The molecule has 0 fully saturated rings. The fraction of sp³-hybridized carbons (Fsp3) is 0.455. The first kappa shape index (κ1) is 14.2. The van der Waals surface area contributed by atoms with Crippen molar-refractivity contribution in [3.05, 3.63) is 18.5 Å². The monoisotopic (exact) mass is 278 g/mol. The van der Waals surface area contributed by atoms with Crippen molar-refractivity contribution in [3.63, 3.8) is 0 Å². The first-order valence-electron chi connectivity index (χ1n) is 6.30. The van der Waals surface area contributed by atoms with Crippen LogP contribution in [0.2, 0.25) is 0 Å². The number of nitrogens with two attached hydrogens (primary N) is 1. The normalized spacial score (nSPS) is 12.2. The van der Waals surface area contributed by atoms with E-state index in [1.165, 1.54) is 4.68 Å². The molecule has 0 radical (unpaired) electrons. The molecule has 108 valence electrons. The molecule has 2 aromatic rings. The van der Waals surface area contributed by atoms with Crippen molar-refractivity contribution in [2.24, 2.45) is 11.8 Å². The summed E-state index contributed by atoms with van der Waals surface area (Å²) in [6.45, 7) is 2.84. The number of nitrogen functional groups attached to an aromatic ring is 1. The van der Waals surface area contributed by atoms with E-state index in [2.05, 4.69) is 30.8 Å². The number of nitrogens with zero attached hydrogens (tertiary/aromatic N) is 5. The van der Waals surface area contributed by atoms with Gasteiger partial charge in [-0.25, -0.2) is 10.5 Å². The summed E-state index contributed by atoms with van der Waals surface area (Å²) in [5.74, 6) is 6.69. The number of nitrogens with one attached hydrogen (secondary N) is 2. The molecule has 1 atom stereocenters. The van der Waals surface area contributed by atoms with Crippen molar-refractivity contribution in [2.45, 2.75) is 13.3 Å². The highest BCUT2D eigenvalue weighted by Crippen LogP contribution is 2.09. The lowest BCUT2D eigenvalue weighted by molar-refractivity contribution is 0.265. The Hall–Kier alpha value is -2.26. The summed E-state index contributed by atoms with van der Waals surface area (Å²) in [6, 6.07) is 1.77. The van der Waals surface area contributed by atoms with Gasteiger partial charge in [-0.3, -0.25) is 5.43 Å². The van der Waals surface area contributed by atoms with Crippen molar-refractivity contribution in [3.8, 4) is 5.95 Å². The molecule has 0 aliphatic heterocycles.